The van der Waals surface area contributed by atoms with E-state index in [-0.39, 0.29) is 5.92 Å². The normalized spacial score (nSPS) is 11.5. The molecule has 3 aromatic rings. The average molecular weight is 328 g/mol. The molecule has 3 aromatic carbocycles. The minimum Gasteiger partial charge on any atom is -0.0622 e. The van der Waals surface area contributed by atoms with Gasteiger partial charge in [-0.05, 0) is 39.7 Å². The maximum atomic E-state index is 2.31. The van der Waals surface area contributed by atoms with Crippen molar-refractivity contribution in [1.82, 2.24) is 0 Å². The first-order valence-corrected chi connectivity index (χ1v) is 9.32. The number of hydrogen-bond acceptors (Lipinski definition) is 0. The molecule has 128 valence electrons. The van der Waals surface area contributed by atoms with Gasteiger partial charge in [-0.1, -0.05) is 107 Å². The van der Waals surface area contributed by atoms with Crippen LogP contribution in [-0.2, 0) is 0 Å². The summed E-state index contributed by atoms with van der Waals surface area (Å²) in [6.07, 6.45) is 0. The lowest BCUT2D eigenvalue weighted by molar-refractivity contribution is 0.800. The Labute approximate surface area is 152 Å². The zero-order valence-corrected chi connectivity index (χ0v) is 15.7. The molecule has 25 heavy (non-hydrogen) atoms. The maximum absolute atomic E-state index is 2.31. The third-order valence-corrected chi connectivity index (χ3v) is 4.99. The lowest BCUT2D eigenvalue weighted by Gasteiger charge is -2.26. The highest BCUT2D eigenvalue weighted by molar-refractivity contribution is 5.50. The van der Waals surface area contributed by atoms with Crippen LogP contribution in [0.4, 0.5) is 0 Å². The number of rotatable bonds is 5. The van der Waals surface area contributed by atoms with Crippen molar-refractivity contribution in [2.75, 3.05) is 0 Å². The predicted octanol–water partition coefficient (Wildman–Crippen LogP) is 7.11. The molecule has 0 bridgehead atoms. The molecule has 0 nitrogen and oxygen atoms in total. The minimum absolute atomic E-state index is 0.276. The van der Waals surface area contributed by atoms with Gasteiger partial charge in [0.05, 0.1) is 0 Å². The average Bonchev–Trinajstić information content (AvgIpc) is 2.63. The standard InChI is InChI=1S/C25H28/c1-18(2)21-14-8-10-16-23(21)25(20-12-6-5-7-13-20)24-17-11-9-15-22(24)19(3)4/h5-19,25H,1-4H3. The second-order valence-electron chi connectivity index (χ2n) is 7.41. The van der Waals surface area contributed by atoms with E-state index in [1.54, 1.807) is 0 Å². The smallest absolute Gasteiger partial charge is 0.0345 e. The third-order valence-electron chi connectivity index (χ3n) is 4.99. The van der Waals surface area contributed by atoms with Crippen LogP contribution in [0.5, 0.6) is 0 Å². The summed E-state index contributed by atoms with van der Waals surface area (Å²) < 4.78 is 0. The van der Waals surface area contributed by atoms with E-state index in [2.05, 4.69) is 107 Å². The Hall–Kier alpha value is -2.34. The summed E-state index contributed by atoms with van der Waals surface area (Å²) in [6.45, 7) is 9.15. The molecule has 0 heterocycles. The molecular formula is C25H28. The molecule has 0 aliphatic rings. The van der Waals surface area contributed by atoms with Gasteiger partial charge in [-0.15, -0.1) is 0 Å². The molecule has 0 N–H and O–H groups in total. The molecule has 0 saturated heterocycles. The highest BCUT2D eigenvalue weighted by atomic mass is 14.3. The van der Waals surface area contributed by atoms with Gasteiger partial charge in [0.15, 0.2) is 0 Å². The predicted molar refractivity (Wildman–Crippen MR) is 108 cm³/mol. The molecule has 0 fully saturated rings. The van der Waals surface area contributed by atoms with Crippen molar-refractivity contribution >= 4 is 0 Å². The zero-order chi connectivity index (χ0) is 17.8. The fraction of sp³-hybridized carbons (Fsp3) is 0.280. The Morgan fingerprint density at radius 1 is 0.440 bits per heavy atom. The van der Waals surface area contributed by atoms with Crippen molar-refractivity contribution in [1.29, 1.82) is 0 Å². The van der Waals surface area contributed by atoms with Crippen LogP contribution in [0.3, 0.4) is 0 Å². The summed E-state index contributed by atoms with van der Waals surface area (Å²) in [6, 6.07) is 28.8. The summed E-state index contributed by atoms with van der Waals surface area (Å²) >= 11 is 0. The molecule has 0 heteroatoms. The fourth-order valence-corrected chi connectivity index (χ4v) is 3.77. The zero-order valence-electron chi connectivity index (χ0n) is 15.7. The molecule has 0 unspecified atom stereocenters. The molecule has 3 rings (SSSR count). The number of benzene rings is 3. The van der Waals surface area contributed by atoms with E-state index in [9.17, 15) is 0 Å². The molecule has 0 aromatic heterocycles. The van der Waals surface area contributed by atoms with E-state index in [1.165, 1.54) is 27.8 Å². The van der Waals surface area contributed by atoms with E-state index < -0.39 is 0 Å². The second-order valence-corrected chi connectivity index (χ2v) is 7.41. The van der Waals surface area contributed by atoms with Crippen molar-refractivity contribution in [2.24, 2.45) is 0 Å². The Bertz CT molecular complexity index is 761. The summed E-state index contributed by atoms with van der Waals surface area (Å²) in [5, 5.41) is 0. The SMILES string of the molecule is CC(C)c1ccccc1C(c1ccccc1)c1ccccc1C(C)C. The van der Waals surface area contributed by atoms with E-state index in [0.717, 1.165) is 0 Å². The van der Waals surface area contributed by atoms with Gasteiger partial charge in [-0.3, -0.25) is 0 Å². The Morgan fingerprint density at radius 2 is 0.800 bits per heavy atom. The van der Waals surface area contributed by atoms with Crippen LogP contribution in [0, 0.1) is 0 Å². The molecule has 0 saturated carbocycles. The molecule has 0 aliphatic heterocycles. The molecular weight excluding hydrogens is 300 g/mol. The van der Waals surface area contributed by atoms with E-state index >= 15 is 0 Å². The largest absolute Gasteiger partial charge is 0.0622 e. The third kappa shape index (κ3) is 3.69. The van der Waals surface area contributed by atoms with Crippen LogP contribution < -0.4 is 0 Å². The van der Waals surface area contributed by atoms with Crippen molar-refractivity contribution in [2.45, 2.75) is 45.4 Å². The van der Waals surface area contributed by atoms with Gasteiger partial charge in [0.1, 0.15) is 0 Å². The topological polar surface area (TPSA) is 0 Å². The first kappa shape index (κ1) is 17.5. The van der Waals surface area contributed by atoms with Gasteiger partial charge < -0.3 is 0 Å². The van der Waals surface area contributed by atoms with Gasteiger partial charge in [0, 0.05) is 5.92 Å². The van der Waals surface area contributed by atoms with Crippen LogP contribution in [0.1, 0.15) is 73.3 Å². The van der Waals surface area contributed by atoms with Crippen molar-refractivity contribution in [3.8, 4) is 0 Å². The molecule has 0 spiro atoms. The summed E-state index contributed by atoms with van der Waals surface area (Å²) in [5.74, 6) is 1.29. The van der Waals surface area contributed by atoms with Crippen molar-refractivity contribution < 1.29 is 0 Å². The maximum Gasteiger partial charge on any atom is 0.0345 e. The van der Waals surface area contributed by atoms with Gasteiger partial charge in [-0.2, -0.15) is 0 Å². The Balaban J connectivity index is 2.27. The van der Waals surface area contributed by atoms with Crippen LogP contribution in [0.15, 0.2) is 78.9 Å². The molecule has 0 aliphatic carbocycles. The van der Waals surface area contributed by atoms with Gasteiger partial charge in [0.2, 0.25) is 0 Å². The Kier molecular flexibility index (Phi) is 5.38. The Morgan fingerprint density at radius 3 is 1.20 bits per heavy atom. The molecule has 0 atom stereocenters. The lowest BCUT2D eigenvalue weighted by Crippen LogP contribution is -2.10. The number of hydrogen-bond donors (Lipinski definition) is 0. The highest BCUT2D eigenvalue weighted by Crippen LogP contribution is 2.39. The first-order valence-electron chi connectivity index (χ1n) is 9.32. The summed E-state index contributed by atoms with van der Waals surface area (Å²) in [4.78, 5) is 0. The van der Waals surface area contributed by atoms with E-state index in [4.69, 9.17) is 0 Å². The van der Waals surface area contributed by atoms with E-state index in [0.29, 0.717) is 11.8 Å². The van der Waals surface area contributed by atoms with Gasteiger partial charge in [0.25, 0.3) is 0 Å². The molecule has 0 amide bonds. The highest BCUT2D eigenvalue weighted by Gasteiger charge is 2.23. The first-order chi connectivity index (χ1) is 12.1. The minimum atomic E-state index is 0.276. The van der Waals surface area contributed by atoms with Gasteiger partial charge >= 0.3 is 0 Å². The lowest BCUT2D eigenvalue weighted by atomic mass is 9.77. The fourth-order valence-electron chi connectivity index (χ4n) is 3.77. The summed E-state index contributed by atoms with van der Waals surface area (Å²) in [7, 11) is 0. The molecule has 0 radical (unpaired) electrons. The van der Waals surface area contributed by atoms with Crippen LogP contribution in [0.2, 0.25) is 0 Å². The van der Waals surface area contributed by atoms with Gasteiger partial charge in [-0.25, -0.2) is 0 Å². The second kappa shape index (κ2) is 7.70. The summed E-state index contributed by atoms with van der Waals surface area (Å²) in [5.41, 5.74) is 7.10. The monoisotopic (exact) mass is 328 g/mol. The van der Waals surface area contributed by atoms with E-state index in [1.807, 2.05) is 0 Å². The van der Waals surface area contributed by atoms with Crippen LogP contribution >= 0.6 is 0 Å². The quantitative estimate of drug-likeness (QED) is 0.438. The van der Waals surface area contributed by atoms with Crippen LogP contribution in [-0.4, -0.2) is 0 Å². The van der Waals surface area contributed by atoms with Crippen molar-refractivity contribution in [3.05, 3.63) is 107 Å². The van der Waals surface area contributed by atoms with Crippen molar-refractivity contribution in [3.63, 3.8) is 0 Å². The van der Waals surface area contributed by atoms with Crippen LogP contribution in [0.25, 0.3) is 0 Å².